The van der Waals surface area contributed by atoms with Gasteiger partial charge in [-0.3, -0.25) is 4.79 Å². The summed E-state index contributed by atoms with van der Waals surface area (Å²) in [5, 5.41) is 11.8. The van der Waals surface area contributed by atoms with E-state index in [1.165, 1.54) is 17.8 Å². The number of anilines is 1. The molecule has 3 aromatic rings. The van der Waals surface area contributed by atoms with Crippen LogP contribution in [0.4, 0.5) is 18.9 Å². The number of nitrogens with one attached hydrogen (secondary N) is 1. The Balaban J connectivity index is 1.87. The molecule has 0 spiro atoms. The van der Waals surface area contributed by atoms with E-state index in [0.717, 1.165) is 12.1 Å². The van der Waals surface area contributed by atoms with Gasteiger partial charge in [0.2, 0.25) is 5.91 Å². The summed E-state index contributed by atoms with van der Waals surface area (Å²) in [5.41, 5.74) is 0.857. The van der Waals surface area contributed by atoms with Crippen molar-refractivity contribution in [1.29, 1.82) is 5.26 Å². The fraction of sp³-hybridized carbons (Fsp3) is 0.286. The van der Waals surface area contributed by atoms with Crippen molar-refractivity contribution in [3.05, 3.63) is 53.6 Å². The molecule has 1 aromatic heterocycles. The van der Waals surface area contributed by atoms with Gasteiger partial charge in [-0.15, -0.1) is 0 Å². The number of carbonyl (C=O) groups is 1. The van der Waals surface area contributed by atoms with E-state index in [9.17, 15) is 18.0 Å². The van der Waals surface area contributed by atoms with Gasteiger partial charge in [0.1, 0.15) is 6.07 Å². The van der Waals surface area contributed by atoms with Crippen molar-refractivity contribution in [3.63, 3.8) is 0 Å². The molecule has 9 heteroatoms. The molecule has 0 aliphatic carbocycles. The number of halogens is 3. The summed E-state index contributed by atoms with van der Waals surface area (Å²) in [7, 11) is 0. The number of imidazole rings is 1. The lowest BCUT2D eigenvalue weighted by atomic mass is 10.2. The first-order chi connectivity index (χ1) is 14.2. The number of hydrogen-bond acceptors (Lipinski definition) is 4. The third-order valence-electron chi connectivity index (χ3n) is 4.44. The molecule has 30 heavy (non-hydrogen) atoms. The highest BCUT2D eigenvalue weighted by Gasteiger charge is 2.31. The Morgan fingerprint density at radius 2 is 2.03 bits per heavy atom. The second-order valence-electron chi connectivity index (χ2n) is 6.65. The number of benzene rings is 2. The molecule has 0 unspecified atom stereocenters. The lowest BCUT2D eigenvalue weighted by molar-refractivity contribution is -0.137. The van der Waals surface area contributed by atoms with Crippen LogP contribution >= 0.6 is 11.8 Å². The molecule has 2 aromatic carbocycles. The number of aryl methyl sites for hydroxylation is 1. The number of aromatic nitrogens is 2. The largest absolute Gasteiger partial charge is 0.416 e. The zero-order valence-corrected chi connectivity index (χ0v) is 17.1. The van der Waals surface area contributed by atoms with E-state index in [0.29, 0.717) is 40.4 Å². The van der Waals surface area contributed by atoms with E-state index in [4.69, 9.17) is 5.26 Å². The quantitative estimate of drug-likeness (QED) is 0.526. The van der Waals surface area contributed by atoms with Crippen LogP contribution in [0.15, 0.2) is 47.6 Å². The van der Waals surface area contributed by atoms with Crippen molar-refractivity contribution in [2.24, 2.45) is 0 Å². The summed E-state index contributed by atoms with van der Waals surface area (Å²) in [6.07, 6.45) is -3.74. The molecule has 1 heterocycles. The molecule has 0 bridgehead atoms. The number of para-hydroxylation sites is 1. The first kappa shape index (κ1) is 21.7. The van der Waals surface area contributed by atoms with Gasteiger partial charge < -0.3 is 9.88 Å². The summed E-state index contributed by atoms with van der Waals surface area (Å²) < 4.78 is 41.1. The summed E-state index contributed by atoms with van der Waals surface area (Å²) in [5.74, 6) is -0.325. The van der Waals surface area contributed by atoms with E-state index in [-0.39, 0.29) is 5.91 Å². The lowest BCUT2D eigenvalue weighted by Gasteiger charge is -2.14. The zero-order valence-electron chi connectivity index (χ0n) is 16.3. The van der Waals surface area contributed by atoms with Crippen molar-refractivity contribution in [2.45, 2.75) is 43.4 Å². The van der Waals surface area contributed by atoms with Crippen molar-refractivity contribution in [3.8, 4) is 6.07 Å². The predicted octanol–water partition coefficient (Wildman–Crippen LogP) is 5.46. The van der Waals surface area contributed by atoms with Crippen LogP contribution in [0.25, 0.3) is 11.0 Å². The zero-order chi connectivity index (χ0) is 21.9. The number of hydrogen-bond donors (Lipinski definition) is 1. The maximum atomic E-state index is 13.1. The van der Waals surface area contributed by atoms with Gasteiger partial charge in [-0.05, 0) is 43.7 Å². The standard InChI is InChI=1S/C21H19F3N4OS/c1-3-10-28-18-11-15(21(22,23)24)8-9-17(18)27-20(28)30-13(2)19(29)26-16-7-5-4-6-14(16)12-25/h4-9,11,13H,3,10H2,1-2H3,(H,26,29)/t13-/m0/s1. The van der Waals surface area contributed by atoms with Gasteiger partial charge in [-0.25, -0.2) is 4.98 Å². The van der Waals surface area contributed by atoms with E-state index in [2.05, 4.69) is 10.3 Å². The van der Waals surface area contributed by atoms with Crippen LogP contribution in [0, 0.1) is 11.3 Å². The summed E-state index contributed by atoms with van der Waals surface area (Å²) in [6, 6.07) is 12.1. The second-order valence-corrected chi connectivity index (χ2v) is 7.96. The minimum absolute atomic E-state index is 0.325. The average Bonchev–Trinajstić information content (AvgIpc) is 3.04. The molecular weight excluding hydrogens is 413 g/mol. The topological polar surface area (TPSA) is 70.7 Å². The number of carbonyl (C=O) groups excluding carboxylic acids is 1. The van der Waals surface area contributed by atoms with Crippen LogP contribution in [0.2, 0.25) is 0 Å². The van der Waals surface area contributed by atoms with Gasteiger partial charge in [0.15, 0.2) is 5.16 Å². The summed E-state index contributed by atoms with van der Waals surface area (Å²) >= 11 is 1.17. The molecule has 0 aliphatic heterocycles. The fourth-order valence-electron chi connectivity index (χ4n) is 2.94. The highest BCUT2D eigenvalue weighted by molar-refractivity contribution is 8.00. The maximum Gasteiger partial charge on any atom is 0.416 e. The van der Waals surface area contributed by atoms with E-state index >= 15 is 0 Å². The van der Waals surface area contributed by atoms with E-state index in [1.807, 2.05) is 13.0 Å². The minimum atomic E-state index is -4.44. The average molecular weight is 432 g/mol. The van der Waals surface area contributed by atoms with Gasteiger partial charge in [-0.1, -0.05) is 30.8 Å². The Morgan fingerprint density at radius 3 is 2.70 bits per heavy atom. The first-order valence-corrected chi connectivity index (χ1v) is 10.2. The Kier molecular flexibility index (Phi) is 6.37. The van der Waals surface area contributed by atoms with Crippen molar-refractivity contribution >= 4 is 34.4 Å². The van der Waals surface area contributed by atoms with E-state index in [1.54, 1.807) is 35.8 Å². The van der Waals surface area contributed by atoms with Gasteiger partial charge in [0.25, 0.3) is 0 Å². The number of thioether (sulfide) groups is 1. The first-order valence-electron chi connectivity index (χ1n) is 9.28. The highest BCUT2D eigenvalue weighted by Crippen LogP contribution is 2.34. The normalized spacial score (nSPS) is 12.5. The molecule has 0 fully saturated rings. The molecule has 1 amide bonds. The second kappa shape index (κ2) is 8.79. The molecular formula is C21H19F3N4OS. The molecule has 5 nitrogen and oxygen atoms in total. The number of alkyl halides is 3. The number of amides is 1. The summed E-state index contributed by atoms with van der Waals surface area (Å²) in [6.45, 7) is 4.08. The Bertz CT molecular complexity index is 1120. The Hall–Kier alpha value is -2.99. The molecule has 156 valence electrons. The molecule has 1 N–H and O–H groups in total. The van der Waals surface area contributed by atoms with Crippen molar-refractivity contribution in [1.82, 2.24) is 9.55 Å². The van der Waals surface area contributed by atoms with Crippen LogP contribution < -0.4 is 5.32 Å². The Morgan fingerprint density at radius 1 is 1.30 bits per heavy atom. The Labute approximate surface area is 175 Å². The molecule has 1 atom stereocenters. The third-order valence-corrected chi connectivity index (χ3v) is 5.53. The fourth-order valence-corrected chi connectivity index (χ4v) is 3.89. The molecule has 0 aliphatic rings. The molecule has 3 rings (SSSR count). The number of nitriles is 1. The van der Waals surface area contributed by atoms with Crippen LogP contribution in [0.1, 0.15) is 31.4 Å². The van der Waals surface area contributed by atoms with Crippen molar-refractivity contribution < 1.29 is 18.0 Å². The minimum Gasteiger partial charge on any atom is -0.324 e. The van der Waals surface area contributed by atoms with Crippen LogP contribution in [0.5, 0.6) is 0 Å². The lowest BCUT2D eigenvalue weighted by Crippen LogP contribution is -2.23. The smallest absolute Gasteiger partial charge is 0.324 e. The molecule has 0 saturated carbocycles. The van der Waals surface area contributed by atoms with Gasteiger partial charge in [0, 0.05) is 6.54 Å². The maximum absolute atomic E-state index is 13.1. The van der Waals surface area contributed by atoms with Gasteiger partial charge in [-0.2, -0.15) is 18.4 Å². The predicted molar refractivity (Wildman–Crippen MR) is 110 cm³/mol. The van der Waals surface area contributed by atoms with Crippen LogP contribution in [0.3, 0.4) is 0 Å². The molecule has 0 radical (unpaired) electrons. The van der Waals surface area contributed by atoms with Gasteiger partial charge in [0.05, 0.1) is 33.1 Å². The molecule has 0 saturated heterocycles. The van der Waals surface area contributed by atoms with Gasteiger partial charge >= 0.3 is 6.18 Å². The van der Waals surface area contributed by atoms with Crippen LogP contribution in [-0.2, 0) is 17.5 Å². The summed E-state index contributed by atoms with van der Waals surface area (Å²) in [4.78, 5) is 17.1. The third kappa shape index (κ3) is 4.60. The number of nitrogens with zero attached hydrogens (tertiary/aromatic N) is 3. The number of fused-ring (bicyclic) bond motifs is 1. The van der Waals surface area contributed by atoms with Crippen LogP contribution in [-0.4, -0.2) is 20.7 Å². The highest BCUT2D eigenvalue weighted by atomic mass is 32.2. The number of rotatable bonds is 6. The monoisotopic (exact) mass is 432 g/mol. The SMILES string of the molecule is CCCn1c(S[C@@H](C)C(=O)Nc2ccccc2C#N)nc2ccc(C(F)(F)F)cc21. The van der Waals surface area contributed by atoms with Crippen molar-refractivity contribution in [2.75, 3.05) is 5.32 Å². The van der Waals surface area contributed by atoms with E-state index < -0.39 is 17.0 Å².